The molecule has 0 atom stereocenters. The predicted molar refractivity (Wildman–Crippen MR) is 102 cm³/mol. The summed E-state index contributed by atoms with van der Waals surface area (Å²) in [5.74, 6) is 0.998. The van der Waals surface area contributed by atoms with Crippen LogP contribution >= 0.6 is 0 Å². The second-order valence-electron chi connectivity index (χ2n) is 6.32. The number of amides is 2. The second-order valence-corrected chi connectivity index (χ2v) is 6.32. The number of hydrogen-bond donors (Lipinski definition) is 2. The normalized spacial score (nSPS) is 11.3. The fourth-order valence-corrected chi connectivity index (χ4v) is 2.63. The molecule has 0 aliphatic heterocycles. The summed E-state index contributed by atoms with van der Waals surface area (Å²) >= 11 is 0. The van der Waals surface area contributed by atoms with Gasteiger partial charge in [0.1, 0.15) is 0 Å². The zero-order valence-electron chi connectivity index (χ0n) is 15.6. The third-order valence-corrected chi connectivity index (χ3v) is 4.09. The number of urea groups is 1. The van der Waals surface area contributed by atoms with E-state index in [4.69, 9.17) is 4.52 Å². The van der Waals surface area contributed by atoms with Crippen molar-refractivity contribution in [1.82, 2.24) is 10.1 Å². The van der Waals surface area contributed by atoms with Crippen LogP contribution in [0.25, 0.3) is 11.4 Å². The molecule has 2 amide bonds. The average Bonchev–Trinajstić information content (AvgIpc) is 3.15. The zero-order chi connectivity index (χ0) is 20.9. The van der Waals surface area contributed by atoms with Crippen LogP contribution in [-0.4, -0.2) is 16.2 Å². The van der Waals surface area contributed by atoms with Crippen LogP contribution in [0.4, 0.5) is 29.3 Å². The number of alkyl halides is 3. The van der Waals surface area contributed by atoms with Crippen LogP contribution in [0.15, 0.2) is 53.1 Å². The molecular weight excluding hydrogens is 385 g/mol. The van der Waals surface area contributed by atoms with Gasteiger partial charge in [-0.15, -0.1) is 0 Å². The molecule has 3 aromatic rings. The lowest BCUT2D eigenvalue weighted by atomic mass is 10.1. The first kappa shape index (κ1) is 20.4. The topological polar surface area (TPSA) is 80.0 Å². The van der Waals surface area contributed by atoms with Gasteiger partial charge in [0.25, 0.3) is 0 Å². The van der Waals surface area contributed by atoms with Crippen LogP contribution in [0, 0.1) is 0 Å². The Balaban J connectivity index is 1.64. The minimum absolute atomic E-state index is 0.319. The summed E-state index contributed by atoms with van der Waals surface area (Å²) in [4.78, 5) is 16.4. The first-order valence-electron chi connectivity index (χ1n) is 9.04. The molecule has 3 rings (SSSR count). The quantitative estimate of drug-likeness (QED) is 0.549. The molecule has 0 radical (unpaired) electrons. The predicted octanol–water partition coefficient (Wildman–Crippen LogP) is 5.74. The molecule has 0 aliphatic rings. The Morgan fingerprint density at radius 2 is 1.79 bits per heavy atom. The van der Waals surface area contributed by atoms with Crippen LogP contribution in [0.3, 0.4) is 0 Å². The van der Waals surface area contributed by atoms with Crippen molar-refractivity contribution in [3.8, 4) is 11.4 Å². The average molecular weight is 404 g/mol. The van der Waals surface area contributed by atoms with E-state index >= 15 is 0 Å². The maximum Gasteiger partial charge on any atom is 0.418 e. The molecule has 2 N–H and O–H groups in total. The molecule has 0 fully saturated rings. The van der Waals surface area contributed by atoms with Gasteiger partial charge in [-0.2, -0.15) is 18.2 Å². The number of halogens is 3. The lowest BCUT2D eigenvalue weighted by Crippen LogP contribution is -2.21. The Morgan fingerprint density at radius 3 is 2.48 bits per heavy atom. The zero-order valence-corrected chi connectivity index (χ0v) is 15.6. The van der Waals surface area contributed by atoms with E-state index < -0.39 is 17.8 Å². The second kappa shape index (κ2) is 8.76. The van der Waals surface area contributed by atoms with Gasteiger partial charge in [-0.25, -0.2) is 4.79 Å². The van der Waals surface area contributed by atoms with E-state index in [-0.39, 0.29) is 5.69 Å². The van der Waals surface area contributed by atoms with Crippen molar-refractivity contribution in [3.05, 3.63) is 60.0 Å². The van der Waals surface area contributed by atoms with Gasteiger partial charge >= 0.3 is 12.2 Å². The van der Waals surface area contributed by atoms with Gasteiger partial charge in [-0.1, -0.05) is 30.6 Å². The van der Waals surface area contributed by atoms with E-state index in [2.05, 4.69) is 27.7 Å². The first-order chi connectivity index (χ1) is 13.9. The molecule has 0 saturated carbocycles. The van der Waals surface area contributed by atoms with E-state index in [1.807, 2.05) is 0 Å². The summed E-state index contributed by atoms with van der Waals surface area (Å²) < 4.78 is 44.2. The number of aryl methyl sites for hydroxylation is 1. The minimum atomic E-state index is -4.56. The Kier molecular flexibility index (Phi) is 6.16. The van der Waals surface area contributed by atoms with E-state index in [1.165, 1.54) is 18.2 Å². The van der Waals surface area contributed by atoms with Crippen molar-refractivity contribution in [2.24, 2.45) is 0 Å². The minimum Gasteiger partial charge on any atom is -0.339 e. The highest BCUT2D eigenvalue weighted by Crippen LogP contribution is 2.34. The van der Waals surface area contributed by atoms with Crippen molar-refractivity contribution < 1.29 is 22.5 Å². The lowest BCUT2D eigenvalue weighted by Gasteiger charge is -2.14. The molecule has 29 heavy (non-hydrogen) atoms. The summed E-state index contributed by atoms with van der Waals surface area (Å²) in [7, 11) is 0. The fourth-order valence-electron chi connectivity index (χ4n) is 2.63. The van der Waals surface area contributed by atoms with Crippen LogP contribution in [0.1, 0.15) is 31.2 Å². The maximum atomic E-state index is 13.0. The fraction of sp³-hybridized carbons (Fsp3) is 0.250. The number of carbonyl (C=O) groups is 1. The number of anilines is 2. The summed E-state index contributed by atoms with van der Waals surface area (Å²) in [5, 5.41) is 8.65. The molecule has 2 aromatic carbocycles. The van der Waals surface area contributed by atoms with E-state index in [0.717, 1.165) is 18.9 Å². The van der Waals surface area contributed by atoms with Crippen LogP contribution in [0.5, 0.6) is 0 Å². The van der Waals surface area contributed by atoms with Gasteiger partial charge in [0, 0.05) is 17.7 Å². The number of unbranched alkanes of at least 4 members (excludes halogenated alkanes) is 1. The summed E-state index contributed by atoms with van der Waals surface area (Å²) in [6.07, 6.45) is -1.88. The van der Waals surface area contributed by atoms with Crippen molar-refractivity contribution in [2.45, 2.75) is 32.4 Å². The first-order valence-corrected chi connectivity index (χ1v) is 9.04. The van der Waals surface area contributed by atoms with Gasteiger partial charge in [0.2, 0.25) is 11.7 Å². The maximum absolute atomic E-state index is 13.0. The molecule has 0 unspecified atom stereocenters. The Morgan fingerprint density at radius 1 is 1.07 bits per heavy atom. The van der Waals surface area contributed by atoms with Gasteiger partial charge in [0.05, 0.1) is 11.3 Å². The molecule has 9 heteroatoms. The molecule has 6 nitrogen and oxygen atoms in total. The molecular formula is C20H19F3N4O2. The highest BCUT2D eigenvalue weighted by atomic mass is 19.4. The summed E-state index contributed by atoms with van der Waals surface area (Å²) in [6, 6.07) is 10.6. The van der Waals surface area contributed by atoms with Gasteiger partial charge in [-0.05, 0) is 42.8 Å². The third-order valence-electron chi connectivity index (χ3n) is 4.09. The molecule has 0 saturated heterocycles. The molecule has 0 bridgehead atoms. The lowest BCUT2D eigenvalue weighted by molar-refractivity contribution is -0.136. The van der Waals surface area contributed by atoms with E-state index in [1.54, 1.807) is 24.3 Å². The number of nitrogens with zero attached hydrogens (tertiary/aromatic N) is 2. The van der Waals surface area contributed by atoms with Crippen molar-refractivity contribution in [1.29, 1.82) is 0 Å². The molecule has 1 heterocycles. The molecule has 0 spiro atoms. The third kappa shape index (κ3) is 5.34. The Labute approximate surface area is 165 Å². The number of nitrogens with one attached hydrogen (secondary N) is 2. The highest BCUT2D eigenvalue weighted by Gasteiger charge is 2.33. The van der Waals surface area contributed by atoms with Gasteiger partial charge < -0.3 is 15.2 Å². The molecule has 1 aromatic heterocycles. The smallest absolute Gasteiger partial charge is 0.339 e. The summed E-state index contributed by atoms with van der Waals surface area (Å²) in [6.45, 7) is 2.07. The largest absolute Gasteiger partial charge is 0.418 e. The monoisotopic (exact) mass is 404 g/mol. The van der Waals surface area contributed by atoms with Gasteiger partial charge in [0.15, 0.2) is 0 Å². The Bertz CT molecular complexity index is 968. The standard InChI is InChI=1S/C20H19F3N4O2/c1-2-3-8-17-26-18(27-29-17)13-9-11-14(12-10-13)24-19(28)25-16-7-5-4-6-15(16)20(21,22)23/h4-7,9-12H,2-3,8H2,1H3,(H2,24,25,28). The summed E-state index contributed by atoms with van der Waals surface area (Å²) in [5.41, 5.74) is -0.127. The van der Waals surface area contributed by atoms with Crippen LogP contribution in [0.2, 0.25) is 0 Å². The Hall–Kier alpha value is -3.36. The number of para-hydroxylation sites is 1. The number of aromatic nitrogens is 2. The van der Waals surface area contributed by atoms with Crippen LogP contribution < -0.4 is 10.6 Å². The number of benzene rings is 2. The highest BCUT2D eigenvalue weighted by molar-refractivity contribution is 6.00. The van der Waals surface area contributed by atoms with E-state index in [0.29, 0.717) is 29.4 Å². The van der Waals surface area contributed by atoms with Crippen molar-refractivity contribution >= 4 is 17.4 Å². The number of hydrogen-bond acceptors (Lipinski definition) is 4. The van der Waals surface area contributed by atoms with Gasteiger partial charge in [-0.3, -0.25) is 0 Å². The van der Waals surface area contributed by atoms with Crippen molar-refractivity contribution in [3.63, 3.8) is 0 Å². The van der Waals surface area contributed by atoms with E-state index in [9.17, 15) is 18.0 Å². The SMILES string of the molecule is CCCCc1nc(-c2ccc(NC(=O)Nc3ccccc3C(F)(F)F)cc2)no1. The molecule has 0 aliphatic carbocycles. The van der Waals surface area contributed by atoms with Crippen molar-refractivity contribution in [2.75, 3.05) is 10.6 Å². The number of rotatable bonds is 6. The van der Waals surface area contributed by atoms with Crippen LogP contribution in [-0.2, 0) is 12.6 Å². The number of carbonyl (C=O) groups excluding carboxylic acids is 1. The molecule has 152 valence electrons.